The van der Waals surface area contributed by atoms with Crippen LogP contribution >= 0.6 is 11.3 Å². The summed E-state index contributed by atoms with van der Waals surface area (Å²) in [5, 5.41) is 3.29. The first-order valence-corrected chi connectivity index (χ1v) is 10.3. The van der Waals surface area contributed by atoms with Crippen LogP contribution in [0.1, 0.15) is 33.6 Å². The van der Waals surface area contributed by atoms with Crippen molar-refractivity contribution in [1.82, 2.24) is 14.9 Å². The van der Waals surface area contributed by atoms with Gasteiger partial charge in [-0.1, -0.05) is 11.3 Å². The van der Waals surface area contributed by atoms with Crippen molar-refractivity contribution in [2.75, 3.05) is 29.9 Å². The van der Waals surface area contributed by atoms with Crippen molar-refractivity contribution < 1.29 is 9.59 Å². The van der Waals surface area contributed by atoms with Gasteiger partial charge in [0.05, 0.1) is 4.88 Å². The summed E-state index contributed by atoms with van der Waals surface area (Å²) >= 11 is 1.39. The fraction of sp³-hybridized carbons (Fsp3) is 0.474. The van der Waals surface area contributed by atoms with E-state index in [0.717, 1.165) is 35.8 Å². The summed E-state index contributed by atoms with van der Waals surface area (Å²) in [6.07, 6.45) is 4.84. The molecule has 0 bridgehead atoms. The molecule has 3 heterocycles. The summed E-state index contributed by atoms with van der Waals surface area (Å²) in [4.78, 5) is 37.8. The number of pyridine rings is 1. The Morgan fingerprint density at radius 2 is 2.11 bits per heavy atom. The van der Waals surface area contributed by atoms with E-state index in [4.69, 9.17) is 5.73 Å². The molecule has 0 unspecified atom stereocenters. The lowest BCUT2D eigenvalue weighted by molar-refractivity contribution is -0.126. The first-order valence-electron chi connectivity index (χ1n) is 9.44. The maximum absolute atomic E-state index is 12.7. The lowest BCUT2D eigenvalue weighted by atomic mass is 9.98. The SMILES string of the molecule is CCN(CC)c1cc(-c2cnc(NC(=O)N3CCC[C@@]3(C)C(N)=O)s2)ccn1. The molecule has 3 rings (SSSR count). The highest BCUT2D eigenvalue weighted by Gasteiger charge is 2.44. The van der Waals surface area contributed by atoms with E-state index in [1.165, 1.54) is 16.2 Å². The number of hydrogen-bond donors (Lipinski definition) is 2. The molecular weight excluding hydrogens is 376 g/mol. The second kappa shape index (κ2) is 8.14. The van der Waals surface area contributed by atoms with Gasteiger partial charge in [-0.15, -0.1) is 0 Å². The number of rotatable bonds is 6. The van der Waals surface area contributed by atoms with E-state index in [9.17, 15) is 9.59 Å². The molecule has 28 heavy (non-hydrogen) atoms. The van der Waals surface area contributed by atoms with Crippen LogP contribution in [0.4, 0.5) is 15.7 Å². The number of nitrogens with one attached hydrogen (secondary N) is 1. The van der Waals surface area contributed by atoms with Gasteiger partial charge >= 0.3 is 6.03 Å². The molecule has 2 aromatic rings. The number of primary amides is 1. The number of nitrogens with two attached hydrogens (primary N) is 1. The molecule has 0 saturated carbocycles. The summed E-state index contributed by atoms with van der Waals surface area (Å²) in [5.41, 5.74) is 5.56. The quantitative estimate of drug-likeness (QED) is 0.773. The molecule has 1 aliphatic rings. The summed E-state index contributed by atoms with van der Waals surface area (Å²) in [5.74, 6) is 0.427. The average Bonchev–Trinajstić information content (AvgIpc) is 3.30. The van der Waals surface area contributed by atoms with Crippen LogP contribution < -0.4 is 16.0 Å². The van der Waals surface area contributed by atoms with Crippen LogP contribution in [-0.4, -0.2) is 52.0 Å². The molecule has 150 valence electrons. The number of hydrogen-bond acceptors (Lipinski definition) is 6. The van der Waals surface area contributed by atoms with E-state index in [-0.39, 0.29) is 6.03 Å². The van der Waals surface area contributed by atoms with Gasteiger partial charge < -0.3 is 15.5 Å². The van der Waals surface area contributed by atoms with Gasteiger partial charge in [-0.2, -0.15) is 0 Å². The minimum atomic E-state index is -0.950. The highest BCUT2D eigenvalue weighted by Crippen LogP contribution is 2.32. The van der Waals surface area contributed by atoms with Crippen molar-refractivity contribution in [3.8, 4) is 10.4 Å². The lowest BCUT2D eigenvalue weighted by Crippen LogP contribution is -2.55. The van der Waals surface area contributed by atoms with E-state index >= 15 is 0 Å². The molecule has 3 N–H and O–H groups in total. The Hall–Kier alpha value is -2.68. The molecule has 0 radical (unpaired) electrons. The normalized spacial score (nSPS) is 18.9. The summed E-state index contributed by atoms with van der Waals surface area (Å²) in [6.45, 7) is 8.16. The van der Waals surface area contributed by atoms with Crippen LogP contribution in [0.3, 0.4) is 0 Å². The molecule has 0 aliphatic carbocycles. The fourth-order valence-corrected chi connectivity index (χ4v) is 4.26. The number of likely N-dealkylation sites (tertiary alicyclic amines) is 1. The molecular formula is C19H26N6O2S. The van der Waals surface area contributed by atoms with E-state index in [0.29, 0.717) is 18.1 Å². The second-order valence-corrected chi connectivity index (χ2v) is 7.96. The van der Waals surface area contributed by atoms with Gasteiger partial charge in [0, 0.05) is 32.0 Å². The number of thiazole rings is 1. The number of carbonyl (C=O) groups excluding carboxylic acids is 2. The van der Waals surface area contributed by atoms with Crippen molar-refractivity contribution in [2.45, 2.75) is 39.2 Å². The first kappa shape index (κ1) is 20.1. The van der Waals surface area contributed by atoms with E-state index in [1.54, 1.807) is 19.3 Å². The van der Waals surface area contributed by atoms with Crippen molar-refractivity contribution in [3.05, 3.63) is 24.5 Å². The minimum Gasteiger partial charge on any atom is -0.368 e. The van der Waals surface area contributed by atoms with Gasteiger partial charge in [0.25, 0.3) is 0 Å². The van der Waals surface area contributed by atoms with Gasteiger partial charge in [-0.25, -0.2) is 14.8 Å². The number of urea groups is 1. The maximum atomic E-state index is 12.7. The zero-order valence-electron chi connectivity index (χ0n) is 16.4. The molecule has 9 heteroatoms. The van der Waals surface area contributed by atoms with Crippen LogP contribution in [-0.2, 0) is 4.79 Å². The third-order valence-corrected chi connectivity index (χ3v) is 6.22. The predicted molar refractivity (Wildman–Crippen MR) is 111 cm³/mol. The van der Waals surface area contributed by atoms with Crippen LogP contribution in [0.25, 0.3) is 10.4 Å². The largest absolute Gasteiger partial charge is 0.368 e. The molecule has 0 aromatic carbocycles. The van der Waals surface area contributed by atoms with Crippen LogP contribution in [0.5, 0.6) is 0 Å². The Morgan fingerprint density at radius 3 is 2.79 bits per heavy atom. The van der Waals surface area contributed by atoms with Gasteiger partial charge in [-0.3, -0.25) is 10.1 Å². The standard InChI is InChI=1S/C19H26N6O2S/c1-4-24(5-2)15-11-13(7-9-21-15)14-12-22-17(28-14)23-18(27)25-10-6-8-19(25,3)16(20)26/h7,9,11-12H,4-6,8,10H2,1-3H3,(H2,20,26)(H,22,23,27)/t19-/m0/s1. The van der Waals surface area contributed by atoms with Crippen molar-refractivity contribution in [2.24, 2.45) is 5.73 Å². The molecule has 1 aliphatic heterocycles. The highest BCUT2D eigenvalue weighted by molar-refractivity contribution is 7.19. The summed E-state index contributed by atoms with van der Waals surface area (Å²) < 4.78 is 0. The van der Waals surface area contributed by atoms with Crippen molar-refractivity contribution in [3.63, 3.8) is 0 Å². The highest BCUT2D eigenvalue weighted by atomic mass is 32.1. The predicted octanol–water partition coefficient (Wildman–Crippen LogP) is 2.92. The van der Waals surface area contributed by atoms with E-state index in [2.05, 4.69) is 34.0 Å². The van der Waals surface area contributed by atoms with Crippen molar-refractivity contribution in [1.29, 1.82) is 0 Å². The van der Waals surface area contributed by atoms with Gasteiger partial charge in [0.2, 0.25) is 5.91 Å². The Balaban J connectivity index is 1.75. The fourth-order valence-electron chi connectivity index (χ4n) is 3.46. The smallest absolute Gasteiger partial charge is 0.324 e. The van der Waals surface area contributed by atoms with Crippen LogP contribution in [0, 0.1) is 0 Å². The molecule has 8 nitrogen and oxygen atoms in total. The summed E-state index contributed by atoms with van der Waals surface area (Å²) in [7, 11) is 0. The topological polar surface area (TPSA) is 104 Å². The third-order valence-electron chi connectivity index (χ3n) is 5.25. The third kappa shape index (κ3) is 3.80. The Kier molecular flexibility index (Phi) is 5.83. The van der Waals surface area contributed by atoms with Crippen LogP contribution in [0.15, 0.2) is 24.5 Å². The molecule has 1 saturated heterocycles. The van der Waals surface area contributed by atoms with Gasteiger partial charge in [-0.05, 0) is 51.3 Å². The molecule has 3 amide bonds. The molecule has 1 atom stereocenters. The summed E-state index contributed by atoms with van der Waals surface area (Å²) in [6, 6.07) is 3.60. The second-order valence-electron chi connectivity index (χ2n) is 6.93. The van der Waals surface area contributed by atoms with E-state index < -0.39 is 11.4 Å². The van der Waals surface area contributed by atoms with E-state index in [1.807, 2.05) is 12.1 Å². The van der Waals surface area contributed by atoms with Gasteiger partial charge in [0.15, 0.2) is 5.13 Å². The number of aromatic nitrogens is 2. The molecule has 2 aromatic heterocycles. The van der Waals surface area contributed by atoms with Gasteiger partial charge in [0.1, 0.15) is 11.4 Å². The van der Waals surface area contributed by atoms with Crippen LogP contribution in [0.2, 0.25) is 0 Å². The average molecular weight is 403 g/mol. The molecule has 0 spiro atoms. The first-order chi connectivity index (χ1) is 13.4. The Bertz CT molecular complexity index is 866. The maximum Gasteiger partial charge on any atom is 0.324 e. The number of carbonyl (C=O) groups is 2. The minimum absolute atomic E-state index is 0.349. The molecule has 1 fully saturated rings. The Morgan fingerprint density at radius 1 is 1.36 bits per heavy atom. The Labute approximate surface area is 168 Å². The zero-order valence-corrected chi connectivity index (χ0v) is 17.3. The number of amides is 3. The number of nitrogens with zero attached hydrogens (tertiary/aromatic N) is 4. The monoisotopic (exact) mass is 402 g/mol. The zero-order chi connectivity index (χ0) is 20.3. The van der Waals surface area contributed by atoms with Crippen molar-refractivity contribution >= 4 is 34.2 Å². The number of anilines is 2. The lowest BCUT2D eigenvalue weighted by Gasteiger charge is -2.31.